The van der Waals surface area contributed by atoms with Gasteiger partial charge in [-0.2, -0.15) is 0 Å². The standard InChI is InChI=1S/C29H24FN3OS/c1-18-8-14-23(15-9-18)33-19(2)16-26(20(33)3)27(34)17-35-29-25-7-5-4-6-24(25)28(31-32-29)21-10-12-22(30)13-11-21/h4-16H,17H2,1-3H3. The van der Waals surface area contributed by atoms with Gasteiger partial charge in [0.05, 0.1) is 5.75 Å². The number of nitrogens with zero attached hydrogens (tertiary/aromatic N) is 3. The summed E-state index contributed by atoms with van der Waals surface area (Å²) in [5, 5.41) is 11.4. The number of aryl methyl sites for hydroxylation is 2. The molecule has 6 heteroatoms. The van der Waals surface area contributed by atoms with Crippen LogP contribution in [0.1, 0.15) is 27.3 Å². The smallest absolute Gasteiger partial charge is 0.174 e. The maximum absolute atomic E-state index is 13.4. The highest BCUT2D eigenvalue weighted by Crippen LogP contribution is 2.32. The maximum Gasteiger partial charge on any atom is 0.174 e. The van der Waals surface area contributed by atoms with Crippen LogP contribution in [0.15, 0.2) is 83.9 Å². The summed E-state index contributed by atoms with van der Waals surface area (Å²) >= 11 is 1.39. The molecule has 2 heterocycles. The zero-order valence-corrected chi connectivity index (χ0v) is 20.6. The van der Waals surface area contributed by atoms with Gasteiger partial charge in [-0.1, -0.05) is 53.7 Å². The van der Waals surface area contributed by atoms with Crippen LogP contribution in [0.4, 0.5) is 4.39 Å². The Morgan fingerprint density at radius 3 is 2.29 bits per heavy atom. The number of Topliss-reactive ketones (excluding diaryl/α,β-unsaturated/α-hetero) is 1. The number of halogens is 1. The maximum atomic E-state index is 13.4. The Hall–Kier alpha value is -3.77. The molecule has 35 heavy (non-hydrogen) atoms. The van der Waals surface area contributed by atoms with Crippen LogP contribution in [0, 0.1) is 26.6 Å². The lowest BCUT2D eigenvalue weighted by Crippen LogP contribution is -2.06. The predicted octanol–water partition coefficient (Wildman–Crippen LogP) is 7.13. The van der Waals surface area contributed by atoms with Gasteiger partial charge in [-0.15, -0.1) is 10.2 Å². The number of thioether (sulfide) groups is 1. The number of fused-ring (bicyclic) bond motifs is 1. The fraction of sp³-hybridized carbons (Fsp3) is 0.138. The summed E-state index contributed by atoms with van der Waals surface area (Å²) in [6.07, 6.45) is 0. The van der Waals surface area contributed by atoms with Crippen molar-refractivity contribution in [3.05, 3.63) is 107 Å². The van der Waals surface area contributed by atoms with Crippen LogP contribution in [-0.4, -0.2) is 26.3 Å². The highest BCUT2D eigenvalue weighted by Gasteiger charge is 2.18. The van der Waals surface area contributed by atoms with Crippen molar-refractivity contribution in [2.75, 3.05) is 5.75 Å². The van der Waals surface area contributed by atoms with E-state index in [2.05, 4.69) is 46.0 Å². The van der Waals surface area contributed by atoms with Crippen molar-refractivity contribution in [1.29, 1.82) is 0 Å². The number of hydrogen-bond donors (Lipinski definition) is 0. The van der Waals surface area contributed by atoms with Gasteiger partial charge in [0.15, 0.2) is 5.78 Å². The van der Waals surface area contributed by atoms with E-state index in [1.807, 2.05) is 44.2 Å². The van der Waals surface area contributed by atoms with Crippen LogP contribution in [-0.2, 0) is 0 Å². The fourth-order valence-electron chi connectivity index (χ4n) is 4.35. The molecule has 0 fully saturated rings. The second-order valence-electron chi connectivity index (χ2n) is 8.57. The SMILES string of the molecule is Cc1ccc(-n2c(C)cc(C(=O)CSc3nnc(-c4ccc(F)cc4)c4ccccc34)c2C)cc1. The number of hydrogen-bond acceptors (Lipinski definition) is 4. The summed E-state index contributed by atoms with van der Waals surface area (Å²) in [4.78, 5) is 13.2. The molecule has 0 radical (unpaired) electrons. The molecule has 5 rings (SSSR count). The predicted molar refractivity (Wildman–Crippen MR) is 140 cm³/mol. The molecule has 0 unspecified atom stereocenters. The lowest BCUT2D eigenvalue weighted by atomic mass is 10.1. The van der Waals surface area contributed by atoms with Crippen LogP contribution in [0.2, 0.25) is 0 Å². The van der Waals surface area contributed by atoms with Gasteiger partial charge in [-0.3, -0.25) is 4.79 Å². The summed E-state index contributed by atoms with van der Waals surface area (Å²) in [5.74, 6) is 0.0145. The minimum Gasteiger partial charge on any atom is -0.318 e. The van der Waals surface area contributed by atoms with Gasteiger partial charge in [0.2, 0.25) is 0 Å². The number of aromatic nitrogens is 3. The molecule has 0 bridgehead atoms. The summed E-state index contributed by atoms with van der Waals surface area (Å²) in [5.41, 5.74) is 6.40. The highest BCUT2D eigenvalue weighted by molar-refractivity contribution is 8.00. The van der Waals surface area contributed by atoms with E-state index in [0.29, 0.717) is 10.7 Å². The second-order valence-corrected chi connectivity index (χ2v) is 9.54. The zero-order valence-electron chi connectivity index (χ0n) is 19.7. The topological polar surface area (TPSA) is 47.8 Å². The average molecular weight is 482 g/mol. The number of rotatable bonds is 6. The molecule has 0 amide bonds. The van der Waals surface area contributed by atoms with Crippen molar-refractivity contribution in [2.24, 2.45) is 0 Å². The molecule has 0 N–H and O–H groups in total. The molecule has 3 aromatic carbocycles. The van der Waals surface area contributed by atoms with E-state index in [1.54, 1.807) is 12.1 Å². The first-order valence-corrected chi connectivity index (χ1v) is 12.3. The normalized spacial score (nSPS) is 11.2. The third-order valence-electron chi connectivity index (χ3n) is 6.13. The highest BCUT2D eigenvalue weighted by atomic mass is 32.2. The van der Waals surface area contributed by atoms with Gasteiger partial charge < -0.3 is 4.57 Å². The number of carbonyl (C=O) groups excluding carboxylic acids is 1. The van der Waals surface area contributed by atoms with Crippen LogP contribution in [0.3, 0.4) is 0 Å². The average Bonchev–Trinajstić information content (AvgIpc) is 3.17. The van der Waals surface area contributed by atoms with E-state index in [1.165, 1.54) is 29.5 Å². The second kappa shape index (κ2) is 9.47. The van der Waals surface area contributed by atoms with Gasteiger partial charge >= 0.3 is 0 Å². The minimum atomic E-state index is -0.293. The van der Waals surface area contributed by atoms with E-state index < -0.39 is 0 Å². The monoisotopic (exact) mass is 481 g/mol. The van der Waals surface area contributed by atoms with Gasteiger partial charge in [0.25, 0.3) is 0 Å². The Labute approximate surface area is 207 Å². The molecule has 0 aliphatic carbocycles. The number of carbonyl (C=O) groups is 1. The lowest BCUT2D eigenvalue weighted by Gasteiger charge is -2.11. The quantitative estimate of drug-likeness (QED) is 0.191. The van der Waals surface area contributed by atoms with E-state index in [4.69, 9.17) is 0 Å². The first-order valence-electron chi connectivity index (χ1n) is 11.4. The van der Waals surface area contributed by atoms with Crippen LogP contribution in [0.5, 0.6) is 0 Å². The Bertz CT molecular complexity index is 1540. The lowest BCUT2D eigenvalue weighted by molar-refractivity contribution is 0.102. The Balaban J connectivity index is 1.42. The molecule has 2 aromatic heterocycles. The molecular weight excluding hydrogens is 457 g/mol. The van der Waals surface area contributed by atoms with E-state index >= 15 is 0 Å². The molecule has 0 aliphatic heterocycles. The minimum absolute atomic E-state index is 0.0509. The van der Waals surface area contributed by atoms with Crippen molar-refractivity contribution in [1.82, 2.24) is 14.8 Å². The van der Waals surface area contributed by atoms with Gasteiger partial charge in [0, 0.05) is 39.0 Å². The first kappa shape index (κ1) is 23.0. The molecule has 0 saturated carbocycles. The number of ketones is 1. The van der Waals surface area contributed by atoms with Crippen molar-refractivity contribution in [2.45, 2.75) is 25.8 Å². The van der Waals surface area contributed by atoms with Crippen molar-refractivity contribution < 1.29 is 9.18 Å². The van der Waals surface area contributed by atoms with E-state index in [9.17, 15) is 9.18 Å². The molecular formula is C29H24FN3OS. The molecule has 0 atom stereocenters. The number of benzene rings is 3. The first-order chi connectivity index (χ1) is 16.9. The molecule has 4 nitrogen and oxygen atoms in total. The molecule has 0 spiro atoms. The fourth-order valence-corrected chi connectivity index (χ4v) is 5.21. The van der Waals surface area contributed by atoms with Gasteiger partial charge in [-0.05, 0) is 63.2 Å². The Morgan fingerprint density at radius 1 is 0.886 bits per heavy atom. The molecule has 5 aromatic rings. The third-order valence-corrected chi connectivity index (χ3v) is 7.12. The third kappa shape index (κ3) is 4.49. The zero-order chi connectivity index (χ0) is 24.5. The Kier molecular flexibility index (Phi) is 6.22. The van der Waals surface area contributed by atoms with E-state index in [-0.39, 0.29) is 17.4 Å². The molecule has 0 aliphatic rings. The molecule has 0 saturated heterocycles. The summed E-state index contributed by atoms with van der Waals surface area (Å²) < 4.78 is 15.5. The van der Waals surface area contributed by atoms with Crippen molar-refractivity contribution >= 4 is 28.3 Å². The van der Waals surface area contributed by atoms with Gasteiger partial charge in [0.1, 0.15) is 16.5 Å². The van der Waals surface area contributed by atoms with E-state index in [0.717, 1.165) is 39.0 Å². The molecule has 174 valence electrons. The summed E-state index contributed by atoms with van der Waals surface area (Å²) in [6.45, 7) is 6.06. The van der Waals surface area contributed by atoms with Crippen molar-refractivity contribution in [3.63, 3.8) is 0 Å². The van der Waals surface area contributed by atoms with Gasteiger partial charge in [-0.25, -0.2) is 4.39 Å². The summed E-state index contributed by atoms with van der Waals surface area (Å²) in [7, 11) is 0. The Morgan fingerprint density at radius 2 is 1.57 bits per heavy atom. The summed E-state index contributed by atoms with van der Waals surface area (Å²) in [6, 6.07) is 24.3. The van der Waals surface area contributed by atoms with Crippen molar-refractivity contribution in [3.8, 4) is 16.9 Å². The van der Waals surface area contributed by atoms with Crippen LogP contribution >= 0.6 is 11.8 Å². The largest absolute Gasteiger partial charge is 0.318 e. The van der Waals surface area contributed by atoms with Crippen LogP contribution in [0.25, 0.3) is 27.7 Å². The van der Waals surface area contributed by atoms with Crippen LogP contribution < -0.4 is 0 Å².